The topological polar surface area (TPSA) is 57.4 Å². The number of nitrogens with zero attached hydrogens (tertiary/aromatic N) is 1. The molecule has 0 saturated heterocycles. The van der Waals surface area contributed by atoms with Gasteiger partial charge in [0, 0.05) is 29.2 Å². The molecule has 0 spiro atoms. The van der Waals surface area contributed by atoms with E-state index >= 15 is 0 Å². The molecule has 5 nitrogen and oxygen atoms in total. The number of amides is 2. The van der Waals surface area contributed by atoms with Gasteiger partial charge in [0.05, 0.1) is 13.2 Å². The van der Waals surface area contributed by atoms with E-state index in [9.17, 15) is 4.79 Å². The first-order valence-corrected chi connectivity index (χ1v) is 11.0. The van der Waals surface area contributed by atoms with Crippen molar-refractivity contribution in [2.45, 2.75) is 50.6 Å². The van der Waals surface area contributed by atoms with E-state index < -0.39 is 0 Å². The number of aromatic amines is 1. The van der Waals surface area contributed by atoms with Gasteiger partial charge in [-0.1, -0.05) is 49.6 Å². The maximum absolute atomic E-state index is 13.4. The molecule has 3 aromatic rings. The largest absolute Gasteiger partial charge is 0.497 e. The SMILES string of the molecule is COc1ccc2[nH]c3c(c2c1)CCN(C(=O)NC1CCCCC1)[C@H]3c1ccccc1. The molecule has 1 saturated carbocycles. The van der Waals surface area contributed by atoms with E-state index in [0.717, 1.165) is 41.8 Å². The van der Waals surface area contributed by atoms with Crippen molar-refractivity contribution in [2.24, 2.45) is 0 Å². The average molecular weight is 404 g/mol. The van der Waals surface area contributed by atoms with Crippen LogP contribution in [-0.2, 0) is 6.42 Å². The zero-order chi connectivity index (χ0) is 20.5. The van der Waals surface area contributed by atoms with Crippen LogP contribution in [-0.4, -0.2) is 35.6 Å². The van der Waals surface area contributed by atoms with Crippen LogP contribution in [0.25, 0.3) is 10.9 Å². The number of nitrogens with one attached hydrogen (secondary N) is 2. The number of ether oxygens (including phenoxy) is 1. The highest BCUT2D eigenvalue weighted by Crippen LogP contribution is 2.39. The number of rotatable bonds is 3. The fourth-order valence-corrected chi connectivity index (χ4v) is 5.10. The van der Waals surface area contributed by atoms with Gasteiger partial charge in [0.1, 0.15) is 5.75 Å². The number of benzene rings is 2. The summed E-state index contributed by atoms with van der Waals surface area (Å²) in [5.74, 6) is 0.859. The van der Waals surface area contributed by atoms with Gasteiger partial charge in [-0.2, -0.15) is 0 Å². The smallest absolute Gasteiger partial charge is 0.318 e. The van der Waals surface area contributed by atoms with E-state index in [1.807, 2.05) is 29.2 Å². The highest BCUT2D eigenvalue weighted by atomic mass is 16.5. The Morgan fingerprint density at radius 1 is 1.10 bits per heavy atom. The van der Waals surface area contributed by atoms with Crippen molar-refractivity contribution in [3.63, 3.8) is 0 Å². The van der Waals surface area contributed by atoms with E-state index in [2.05, 4.69) is 34.6 Å². The second-order valence-corrected chi connectivity index (χ2v) is 8.47. The van der Waals surface area contributed by atoms with Crippen LogP contribution in [0.5, 0.6) is 5.75 Å². The summed E-state index contributed by atoms with van der Waals surface area (Å²) in [6.07, 6.45) is 6.72. The number of fused-ring (bicyclic) bond motifs is 3. The van der Waals surface area contributed by atoms with E-state index in [4.69, 9.17) is 4.74 Å². The van der Waals surface area contributed by atoms with Crippen LogP contribution in [0.4, 0.5) is 4.79 Å². The van der Waals surface area contributed by atoms with Crippen LogP contribution >= 0.6 is 0 Å². The van der Waals surface area contributed by atoms with Crippen LogP contribution in [0.1, 0.15) is 55.0 Å². The number of carbonyl (C=O) groups excluding carboxylic acids is 1. The molecular weight excluding hydrogens is 374 g/mol. The molecule has 5 rings (SSSR count). The maximum atomic E-state index is 13.4. The number of urea groups is 1. The van der Waals surface area contributed by atoms with Gasteiger partial charge in [-0.3, -0.25) is 0 Å². The van der Waals surface area contributed by atoms with Crippen molar-refractivity contribution in [1.82, 2.24) is 15.2 Å². The third kappa shape index (κ3) is 3.42. The van der Waals surface area contributed by atoms with E-state index in [1.165, 1.54) is 30.2 Å². The van der Waals surface area contributed by atoms with E-state index in [1.54, 1.807) is 7.11 Å². The van der Waals surface area contributed by atoms with Crippen molar-refractivity contribution >= 4 is 16.9 Å². The minimum atomic E-state index is -0.114. The fourth-order valence-electron chi connectivity index (χ4n) is 5.10. The number of hydrogen-bond acceptors (Lipinski definition) is 2. The molecule has 1 fully saturated rings. The molecule has 0 bridgehead atoms. The molecular formula is C25H29N3O2. The van der Waals surface area contributed by atoms with E-state index in [0.29, 0.717) is 12.6 Å². The molecule has 0 unspecified atom stereocenters. The molecule has 1 aliphatic carbocycles. The van der Waals surface area contributed by atoms with Crippen LogP contribution < -0.4 is 10.1 Å². The summed E-state index contributed by atoms with van der Waals surface area (Å²) < 4.78 is 5.45. The fraction of sp³-hybridized carbons (Fsp3) is 0.400. The molecule has 2 aliphatic rings. The molecule has 2 amide bonds. The quantitative estimate of drug-likeness (QED) is 0.634. The first-order valence-electron chi connectivity index (χ1n) is 11.0. The Bertz CT molecular complexity index is 1040. The predicted molar refractivity (Wildman–Crippen MR) is 119 cm³/mol. The molecule has 5 heteroatoms. The zero-order valence-corrected chi connectivity index (χ0v) is 17.5. The summed E-state index contributed by atoms with van der Waals surface area (Å²) in [7, 11) is 1.70. The Morgan fingerprint density at radius 3 is 2.67 bits per heavy atom. The minimum absolute atomic E-state index is 0.0534. The summed E-state index contributed by atoms with van der Waals surface area (Å²) in [6.45, 7) is 0.704. The van der Waals surface area contributed by atoms with E-state index in [-0.39, 0.29) is 12.1 Å². The second kappa shape index (κ2) is 8.05. The highest BCUT2D eigenvalue weighted by molar-refractivity contribution is 5.87. The van der Waals surface area contributed by atoms with Crippen LogP contribution in [0.15, 0.2) is 48.5 Å². The average Bonchev–Trinajstić information content (AvgIpc) is 3.17. The predicted octanol–water partition coefficient (Wildman–Crippen LogP) is 5.17. The van der Waals surface area contributed by atoms with Gasteiger partial charge >= 0.3 is 6.03 Å². The Labute approximate surface area is 177 Å². The van der Waals surface area contributed by atoms with Crippen LogP contribution in [0.3, 0.4) is 0 Å². The lowest BCUT2D eigenvalue weighted by Gasteiger charge is -2.37. The summed E-state index contributed by atoms with van der Waals surface area (Å²) in [5, 5.41) is 4.52. The third-order valence-electron chi connectivity index (χ3n) is 6.64. The highest BCUT2D eigenvalue weighted by Gasteiger charge is 2.35. The Morgan fingerprint density at radius 2 is 1.90 bits per heavy atom. The summed E-state index contributed by atoms with van der Waals surface area (Å²) in [4.78, 5) is 19.0. The van der Waals surface area contributed by atoms with Gasteiger partial charge in [0.25, 0.3) is 0 Å². The Hall–Kier alpha value is -2.95. The Balaban J connectivity index is 1.54. The maximum Gasteiger partial charge on any atom is 0.318 e. The van der Waals surface area contributed by atoms with Crippen molar-refractivity contribution in [2.75, 3.05) is 13.7 Å². The lowest BCUT2D eigenvalue weighted by molar-refractivity contribution is 0.172. The summed E-state index contributed by atoms with van der Waals surface area (Å²) in [6, 6.07) is 16.8. The van der Waals surface area contributed by atoms with Crippen molar-refractivity contribution < 1.29 is 9.53 Å². The zero-order valence-electron chi connectivity index (χ0n) is 17.5. The normalized spacial score (nSPS) is 19.5. The minimum Gasteiger partial charge on any atom is -0.497 e. The molecule has 2 heterocycles. The van der Waals surface area contributed by atoms with Gasteiger partial charge in [-0.15, -0.1) is 0 Å². The van der Waals surface area contributed by atoms with Gasteiger partial charge in [0.15, 0.2) is 0 Å². The second-order valence-electron chi connectivity index (χ2n) is 8.47. The number of aromatic nitrogens is 1. The standard InChI is InChI=1S/C25H29N3O2/c1-30-19-12-13-22-21(16-19)20-14-15-28(25(29)26-18-10-6-3-7-11-18)24(23(20)27-22)17-8-4-2-5-9-17/h2,4-5,8-9,12-13,16,18,24,27H,3,6-7,10-11,14-15H2,1H3,(H,26,29)/t24-/m0/s1. The van der Waals surface area contributed by atoms with Gasteiger partial charge in [-0.05, 0) is 48.6 Å². The molecule has 2 N–H and O–H groups in total. The summed E-state index contributed by atoms with van der Waals surface area (Å²) in [5.41, 5.74) is 4.64. The molecule has 1 aliphatic heterocycles. The molecule has 30 heavy (non-hydrogen) atoms. The number of methoxy groups -OCH3 is 1. The number of carbonyl (C=O) groups is 1. The molecule has 1 aromatic heterocycles. The molecule has 1 atom stereocenters. The monoisotopic (exact) mass is 403 g/mol. The summed E-state index contributed by atoms with van der Waals surface area (Å²) >= 11 is 0. The van der Waals surface area contributed by atoms with Gasteiger partial charge < -0.3 is 19.9 Å². The first-order chi connectivity index (χ1) is 14.7. The first kappa shape index (κ1) is 19.0. The van der Waals surface area contributed by atoms with Crippen molar-refractivity contribution in [3.05, 3.63) is 65.4 Å². The van der Waals surface area contributed by atoms with Crippen LogP contribution in [0, 0.1) is 0 Å². The third-order valence-corrected chi connectivity index (χ3v) is 6.64. The number of H-pyrrole nitrogens is 1. The van der Waals surface area contributed by atoms with Crippen molar-refractivity contribution in [3.8, 4) is 5.75 Å². The number of hydrogen-bond donors (Lipinski definition) is 2. The molecule has 156 valence electrons. The molecule has 0 radical (unpaired) electrons. The van der Waals surface area contributed by atoms with Gasteiger partial charge in [0.2, 0.25) is 0 Å². The van der Waals surface area contributed by atoms with Crippen LogP contribution in [0.2, 0.25) is 0 Å². The lowest BCUT2D eigenvalue weighted by Crippen LogP contribution is -2.49. The lowest BCUT2D eigenvalue weighted by atomic mass is 9.92. The van der Waals surface area contributed by atoms with Crippen molar-refractivity contribution in [1.29, 1.82) is 0 Å². The van der Waals surface area contributed by atoms with Gasteiger partial charge in [-0.25, -0.2) is 4.79 Å². The Kier molecular flexibility index (Phi) is 5.11. The molecule has 2 aromatic carbocycles.